The maximum absolute atomic E-state index is 12.8. The van der Waals surface area contributed by atoms with Crippen molar-refractivity contribution >= 4 is 6.09 Å². The van der Waals surface area contributed by atoms with Crippen LogP contribution >= 0.6 is 0 Å². The number of alkyl carbamates (subject to hydrolysis) is 1. The number of hydrogen-bond acceptors (Lipinski definition) is 3. The lowest BCUT2D eigenvalue weighted by atomic mass is 9.78. The Kier molecular flexibility index (Phi) is 4.96. The molecule has 4 nitrogen and oxygen atoms in total. The number of halogens is 1. The van der Waals surface area contributed by atoms with Gasteiger partial charge >= 0.3 is 6.09 Å². The average Bonchev–Trinajstić information content (AvgIpc) is 2.26. The minimum Gasteiger partial charge on any atom is -0.444 e. The highest BCUT2D eigenvalue weighted by atomic mass is 19.1. The van der Waals surface area contributed by atoms with E-state index in [2.05, 4.69) is 5.32 Å². The number of nitrogens with one attached hydrogen (secondary N) is 1. The molecule has 0 heterocycles. The fourth-order valence-corrected chi connectivity index (χ4v) is 2.38. The van der Waals surface area contributed by atoms with Gasteiger partial charge in [0, 0.05) is 0 Å². The highest BCUT2D eigenvalue weighted by Crippen LogP contribution is 2.31. The minimum absolute atomic E-state index is 0.586. The molecule has 2 N–H and O–H groups in total. The third-order valence-corrected chi connectivity index (χ3v) is 3.28. The Balaban J connectivity index is 2.70. The summed E-state index contributed by atoms with van der Waals surface area (Å²) in [5, 5.41) is 12.5. The van der Waals surface area contributed by atoms with Gasteiger partial charge in [0.2, 0.25) is 0 Å². The van der Waals surface area contributed by atoms with Crippen molar-refractivity contribution in [2.24, 2.45) is 0 Å². The standard InChI is InChI=1S/C13H24FNO3/c1-12(2,3)18-11(17)15-13(10(16)9-14)7-5-4-6-8-13/h10,16H,4-9H2,1-3H3,(H,15,17). The molecule has 1 saturated carbocycles. The van der Waals surface area contributed by atoms with Gasteiger partial charge in [-0.1, -0.05) is 19.3 Å². The number of carbonyl (C=O) groups is 1. The molecule has 1 fully saturated rings. The lowest BCUT2D eigenvalue weighted by molar-refractivity contribution is -0.00114. The zero-order valence-electron chi connectivity index (χ0n) is 11.5. The van der Waals surface area contributed by atoms with Crippen LogP contribution in [0.25, 0.3) is 0 Å². The Morgan fingerprint density at radius 3 is 2.39 bits per heavy atom. The molecule has 1 aliphatic rings. The molecule has 1 unspecified atom stereocenters. The van der Waals surface area contributed by atoms with Gasteiger partial charge in [-0.3, -0.25) is 0 Å². The van der Waals surface area contributed by atoms with E-state index in [1.807, 2.05) is 0 Å². The molecule has 1 rings (SSSR count). The highest BCUT2D eigenvalue weighted by Gasteiger charge is 2.41. The van der Waals surface area contributed by atoms with Crippen LogP contribution in [0.2, 0.25) is 0 Å². The van der Waals surface area contributed by atoms with Gasteiger partial charge in [-0.15, -0.1) is 0 Å². The number of rotatable bonds is 3. The van der Waals surface area contributed by atoms with E-state index in [9.17, 15) is 14.3 Å². The molecule has 106 valence electrons. The van der Waals surface area contributed by atoms with E-state index < -0.39 is 30.0 Å². The first-order valence-electron chi connectivity index (χ1n) is 6.54. The van der Waals surface area contributed by atoms with Gasteiger partial charge in [0.1, 0.15) is 18.4 Å². The summed E-state index contributed by atoms with van der Waals surface area (Å²) < 4.78 is 17.9. The van der Waals surface area contributed by atoms with Crippen LogP contribution in [-0.2, 0) is 4.74 Å². The molecule has 0 bridgehead atoms. The van der Waals surface area contributed by atoms with Gasteiger partial charge in [0.15, 0.2) is 0 Å². The molecule has 0 aromatic rings. The number of hydrogen-bond donors (Lipinski definition) is 2. The molecule has 5 heteroatoms. The lowest BCUT2D eigenvalue weighted by Gasteiger charge is -2.41. The molecule has 1 aliphatic carbocycles. The smallest absolute Gasteiger partial charge is 0.408 e. The summed E-state index contributed by atoms with van der Waals surface area (Å²) in [6.07, 6.45) is 2.26. The maximum atomic E-state index is 12.8. The normalized spacial score (nSPS) is 21.2. The molecule has 1 atom stereocenters. The third kappa shape index (κ3) is 4.12. The average molecular weight is 261 g/mol. The van der Waals surface area contributed by atoms with Crippen LogP contribution in [0.3, 0.4) is 0 Å². The van der Waals surface area contributed by atoms with Gasteiger partial charge in [-0.05, 0) is 33.6 Å². The van der Waals surface area contributed by atoms with E-state index in [1.165, 1.54) is 0 Å². The van der Waals surface area contributed by atoms with E-state index in [-0.39, 0.29) is 0 Å². The first kappa shape index (κ1) is 15.2. The SMILES string of the molecule is CC(C)(C)OC(=O)NC1(C(O)CF)CCCCC1. The maximum Gasteiger partial charge on any atom is 0.408 e. The molecule has 18 heavy (non-hydrogen) atoms. The number of carbonyl (C=O) groups excluding carboxylic acids is 1. The van der Waals surface area contributed by atoms with Crippen molar-refractivity contribution in [2.75, 3.05) is 6.67 Å². The second-order valence-corrected chi connectivity index (χ2v) is 6.01. The van der Waals surface area contributed by atoms with Crippen LogP contribution < -0.4 is 5.32 Å². The van der Waals surface area contributed by atoms with Crippen molar-refractivity contribution in [3.05, 3.63) is 0 Å². The van der Waals surface area contributed by atoms with Crippen LogP contribution in [0.5, 0.6) is 0 Å². The summed E-state index contributed by atoms with van der Waals surface area (Å²) >= 11 is 0. The Bertz CT molecular complexity index is 282. The van der Waals surface area contributed by atoms with Crippen molar-refractivity contribution in [2.45, 2.75) is 70.1 Å². The summed E-state index contributed by atoms with van der Waals surface area (Å²) in [4.78, 5) is 11.8. The summed E-state index contributed by atoms with van der Waals surface area (Å²) in [7, 11) is 0. The zero-order valence-corrected chi connectivity index (χ0v) is 11.5. The van der Waals surface area contributed by atoms with E-state index >= 15 is 0 Å². The fourth-order valence-electron chi connectivity index (χ4n) is 2.38. The lowest BCUT2D eigenvalue weighted by Crippen LogP contribution is -2.59. The Labute approximate surface area is 108 Å². The largest absolute Gasteiger partial charge is 0.444 e. The quantitative estimate of drug-likeness (QED) is 0.820. The van der Waals surface area contributed by atoms with Crippen molar-refractivity contribution in [1.82, 2.24) is 5.32 Å². The van der Waals surface area contributed by atoms with Gasteiger partial charge in [0.25, 0.3) is 0 Å². The first-order chi connectivity index (χ1) is 8.29. The number of alkyl halides is 1. The highest BCUT2D eigenvalue weighted by molar-refractivity contribution is 5.69. The van der Waals surface area contributed by atoms with E-state index in [1.54, 1.807) is 20.8 Å². The minimum atomic E-state index is -1.16. The second-order valence-electron chi connectivity index (χ2n) is 6.01. The third-order valence-electron chi connectivity index (χ3n) is 3.28. The predicted octanol–water partition coefficient (Wildman–Crippen LogP) is 2.54. The molecule has 0 aromatic heterocycles. The Hall–Kier alpha value is -0.840. The predicted molar refractivity (Wildman–Crippen MR) is 67.2 cm³/mol. The van der Waals surface area contributed by atoms with Crippen LogP contribution in [0.4, 0.5) is 9.18 Å². The van der Waals surface area contributed by atoms with Gasteiger partial charge in [-0.2, -0.15) is 0 Å². The fraction of sp³-hybridized carbons (Fsp3) is 0.923. The molecular formula is C13H24FNO3. The molecule has 0 saturated heterocycles. The van der Waals surface area contributed by atoms with Gasteiger partial charge < -0.3 is 15.2 Å². The van der Waals surface area contributed by atoms with Crippen LogP contribution in [0.1, 0.15) is 52.9 Å². The summed E-state index contributed by atoms with van der Waals surface area (Å²) in [6.45, 7) is 4.46. The van der Waals surface area contributed by atoms with Gasteiger partial charge in [-0.25, -0.2) is 9.18 Å². The van der Waals surface area contributed by atoms with Crippen LogP contribution in [0.15, 0.2) is 0 Å². The molecule has 0 aromatic carbocycles. The molecule has 0 radical (unpaired) electrons. The van der Waals surface area contributed by atoms with Crippen molar-refractivity contribution in [3.63, 3.8) is 0 Å². The number of amides is 1. The van der Waals surface area contributed by atoms with Crippen molar-refractivity contribution in [3.8, 4) is 0 Å². The monoisotopic (exact) mass is 261 g/mol. The van der Waals surface area contributed by atoms with E-state index in [0.29, 0.717) is 12.8 Å². The topological polar surface area (TPSA) is 58.6 Å². The number of ether oxygens (including phenoxy) is 1. The second kappa shape index (κ2) is 5.87. The summed E-state index contributed by atoms with van der Waals surface area (Å²) in [6, 6.07) is 0. The zero-order chi connectivity index (χ0) is 13.8. The molecule has 0 spiro atoms. The van der Waals surface area contributed by atoms with Crippen molar-refractivity contribution in [1.29, 1.82) is 0 Å². The Morgan fingerprint density at radius 1 is 1.39 bits per heavy atom. The summed E-state index contributed by atoms with van der Waals surface area (Å²) in [5.41, 5.74) is -1.46. The number of aliphatic hydroxyl groups excluding tert-OH is 1. The van der Waals surface area contributed by atoms with Gasteiger partial charge in [0.05, 0.1) is 5.54 Å². The summed E-state index contributed by atoms with van der Waals surface area (Å²) in [5.74, 6) is 0. The first-order valence-corrected chi connectivity index (χ1v) is 6.54. The number of aliphatic hydroxyl groups is 1. The van der Waals surface area contributed by atoms with Crippen LogP contribution in [0, 0.1) is 0 Å². The van der Waals surface area contributed by atoms with Crippen LogP contribution in [-0.4, -0.2) is 35.1 Å². The molecule has 1 amide bonds. The van der Waals surface area contributed by atoms with E-state index in [4.69, 9.17) is 4.74 Å². The van der Waals surface area contributed by atoms with Crippen molar-refractivity contribution < 1.29 is 19.0 Å². The van der Waals surface area contributed by atoms with E-state index in [0.717, 1.165) is 19.3 Å². The molecule has 0 aliphatic heterocycles. The molecular weight excluding hydrogens is 237 g/mol. The Morgan fingerprint density at radius 2 is 1.94 bits per heavy atom.